The highest BCUT2D eigenvalue weighted by Crippen LogP contribution is 2.27. The monoisotopic (exact) mass is 300 g/mol. The van der Waals surface area contributed by atoms with Crippen LogP contribution in [0.2, 0.25) is 0 Å². The van der Waals surface area contributed by atoms with Gasteiger partial charge in [0.15, 0.2) is 0 Å². The first-order valence-corrected chi connectivity index (χ1v) is 8.42. The molecular formula is C18H28N4. The molecule has 0 unspecified atom stereocenters. The van der Waals surface area contributed by atoms with E-state index < -0.39 is 0 Å². The first-order valence-electron chi connectivity index (χ1n) is 8.42. The van der Waals surface area contributed by atoms with Crippen LogP contribution in [0.25, 0.3) is 10.9 Å². The molecule has 0 saturated carbocycles. The van der Waals surface area contributed by atoms with Crippen LogP contribution in [0.4, 0.5) is 0 Å². The average molecular weight is 300 g/mol. The SMILES string of the molecule is Cc1ccc2c(c1)c(CCN1CCNCC1)c(C)n2CCN. The van der Waals surface area contributed by atoms with Crippen molar-refractivity contribution >= 4 is 10.9 Å². The number of hydrogen-bond acceptors (Lipinski definition) is 3. The van der Waals surface area contributed by atoms with Gasteiger partial charge >= 0.3 is 0 Å². The number of rotatable bonds is 5. The molecule has 2 heterocycles. The Kier molecular flexibility index (Phi) is 4.81. The van der Waals surface area contributed by atoms with E-state index in [1.807, 2.05) is 0 Å². The molecule has 0 bridgehead atoms. The van der Waals surface area contributed by atoms with E-state index in [2.05, 4.69) is 46.8 Å². The van der Waals surface area contributed by atoms with Crippen LogP contribution in [0.5, 0.6) is 0 Å². The zero-order valence-corrected chi connectivity index (χ0v) is 13.9. The molecule has 1 aromatic carbocycles. The molecule has 3 rings (SSSR count). The summed E-state index contributed by atoms with van der Waals surface area (Å²) in [6.07, 6.45) is 1.13. The average Bonchev–Trinajstić information content (AvgIpc) is 2.78. The van der Waals surface area contributed by atoms with E-state index in [4.69, 9.17) is 5.73 Å². The number of piperazine rings is 1. The topological polar surface area (TPSA) is 46.2 Å². The zero-order valence-electron chi connectivity index (χ0n) is 13.9. The maximum Gasteiger partial charge on any atom is 0.0485 e. The Balaban J connectivity index is 1.89. The maximum absolute atomic E-state index is 5.81. The minimum Gasteiger partial charge on any atom is -0.343 e. The molecular weight excluding hydrogens is 272 g/mol. The summed E-state index contributed by atoms with van der Waals surface area (Å²) in [5.74, 6) is 0. The Hall–Kier alpha value is -1.36. The fraction of sp³-hybridized carbons (Fsp3) is 0.556. The number of aryl methyl sites for hydroxylation is 1. The molecule has 0 amide bonds. The van der Waals surface area contributed by atoms with Crippen LogP contribution in [0.15, 0.2) is 18.2 Å². The van der Waals surface area contributed by atoms with Gasteiger partial charge in [-0.25, -0.2) is 0 Å². The number of nitrogens with two attached hydrogens (primary N) is 1. The van der Waals surface area contributed by atoms with Gasteiger partial charge in [0.25, 0.3) is 0 Å². The van der Waals surface area contributed by atoms with Gasteiger partial charge in [-0.3, -0.25) is 0 Å². The Morgan fingerprint density at radius 1 is 1.14 bits per heavy atom. The van der Waals surface area contributed by atoms with Gasteiger partial charge in [0.1, 0.15) is 0 Å². The van der Waals surface area contributed by atoms with E-state index in [-0.39, 0.29) is 0 Å². The quantitative estimate of drug-likeness (QED) is 0.883. The summed E-state index contributed by atoms with van der Waals surface area (Å²) < 4.78 is 2.39. The summed E-state index contributed by atoms with van der Waals surface area (Å²) in [6.45, 7) is 11.7. The van der Waals surface area contributed by atoms with Gasteiger partial charge in [0, 0.05) is 62.4 Å². The van der Waals surface area contributed by atoms with Crippen LogP contribution in [-0.4, -0.2) is 48.7 Å². The van der Waals surface area contributed by atoms with Crippen LogP contribution in [0.3, 0.4) is 0 Å². The number of benzene rings is 1. The van der Waals surface area contributed by atoms with Crippen molar-refractivity contribution in [2.75, 3.05) is 39.3 Å². The number of hydrogen-bond donors (Lipinski definition) is 2. The lowest BCUT2D eigenvalue weighted by Crippen LogP contribution is -2.44. The van der Waals surface area contributed by atoms with Crippen LogP contribution in [-0.2, 0) is 13.0 Å². The molecule has 0 radical (unpaired) electrons. The van der Waals surface area contributed by atoms with E-state index in [9.17, 15) is 0 Å². The lowest BCUT2D eigenvalue weighted by Gasteiger charge is -2.27. The minimum atomic E-state index is 0.690. The molecule has 0 spiro atoms. The van der Waals surface area contributed by atoms with Gasteiger partial charge in [0.05, 0.1) is 0 Å². The normalized spacial score (nSPS) is 16.5. The van der Waals surface area contributed by atoms with Gasteiger partial charge in [-0.2, -0.15) is 0 Å². The molecule has 120 valence electrons. The first-order chi connectivity index (χ1) is 10.7. The Morgan fingerprint density at radius 3 is 2.64 bits per heavy atom. The van der Waals surface area contributed by atoms with Crippen LogP contribution >= 0.6 is 0 Å². The maximum atomic E-state index is 5.81. The second-order valence-corrected chi connectivity index (χ2v) is 6.37. The largest absolute Gasteiger partial charge is 0.343 e. The third-order valence-corrected chi connectivity index (χ3v) is 4.85. The van der Waals surface area contributed by atoms with Crippen LogP contribution in [0, 0.1) is 13.8 Å². The molecule has 0 aliphatic carbocycles. The Morgan fingerprint density at radius 2 is 1.91 bits per heavy atom. The van der Waals surface area contributed by atoms with E-state index in [0.29, 0.717) is 6.54 Å². The van der Waals surface area contributed by atoms with Gasteiger partial charge in [-0.1, -0.05) is 11.6 Å². The lowest BCUT2D eigenvalue weighted by atomic mass is 10.1. The van der Waals surface area contributed by atoms with Crippen molar-refractivity contribution in [1.82, 2.24) is 14.8 Å². The Labute approximate surface area is 133 Å². The van der Waals surface area contributed by atoms with Crippen molar-refractivity contribution < 1.29 is 0 Å². The second-order valence-electron chi connectivity index (χ2n) is 6.37. The molecule has 1 aliphatic rings. The molecule has 4 nitrogen and oxygen atoms in total. The number of nitrogens with zero attached hydrogens (tertiary/aromatic N) is 2. The molecule has 0 atom stereocenters. The smallest absolute Gasteiger partial charge is 0.0485 e. The predicted molar refractivity (Wildman–Crippen MR) is 93.5 cm³/mol. The highest BCUT2D eigenvalue weighted by molar-refractivity contribution is 5.86. The summed E-state index contributed by atoms with van der Waals surface area (Å²) in [5.41, 5.74) is 11.4. The highest BCUT2D eigenvalue weighted by Gasteiger charge is 2.16. The number of aromatic nitrogens is 1. The van der Waals surface area contributed by atoms with E-state index >= 15 is 0 Å². The molecule has 1 saturated heterocycles. The summed E-state index contributed by atoms with van der Waals surface area (Å²) in [4.78, 5) is 2.57. The van der Waals surface area contributed by atoms with Crippen molar-refractivity contribution in [3.8, 4) is 0 Å². The van der Waals surface area contributed by atoms with Gasteiger partial charge < -0.3 is 20.5 Å². The fourth-order valence-electron chi connectivity index (χ4n) is 3.60. The van der Waals surface area contributed by atoms with Crippen molar-refractivity contribution in [1.29, 1.82) is 0 Å². The fourth-order valence-corrected chi connectivity index (χ4v) is 3.60. The third kappa shape index (κ3) is 3.05. The van der Waals surface area contributed by atoms with E-state index in [1.165, 1.54) is 40.8 Å². The summed E-state index contributed by atoms with van der Waals surface area (Å²) in [6, 6.07) is 6.79. The molecule has 1 aromatic heterocycles. The molecule has 22 heavy (non-hydrogen) atoms. The van der Waals surface area contributed by atoms with Gasteiger partial charge in [-0.05, 0) is 38.0 Å². The summed E-state index contributed by atoms with van der Waals surface area (Å²) in [5, 5.41) is 4.84. The number of nitrogens with one attached hydrogen (secondary N) is 1. The lowest BCUT2D eigenvalue weighted by molar-refractivity contribution is 0.244. The minimum absolute atomic E-state index is 0.690. The van der Waals surface area contributed by atoms with E-state index in [0.717, 1.165) is 32.6 Å². The molecule has 1 aliphatic heterocycles. The van der Waals surface area contributed by atoms with Crippen molar-refractivity contribution in [3.63, 3.8) is 0 Å². The predicted octanol–water partition coefficient (Wildman–Crippen LogP) is 1.66. The second kappa shape index (κ2) is 6.82. The van der Waals surface area contributed by atoms with Gasteiger partial charge in [0.2, 0.25) is 0 Å². The van der Waals surface area contributed by atoms with E-state index in [1.54, 1.807) is 0 Å². The Bertz CT molecular complexity index is 638. The summed E-state index contributed by atoms with van der Waals surface area (Å²) in [7, 11) is 0. The number of fused-ring (bicyclic) bond motifs is 1. The highest BCUT2D eigenvalue weighted by atomic mass is 15.2. The van der Waals surface area contributed by atoms with Crippen LogP contribution in [0.1, 0.15) is 16.8 Å². The van der Waals surface area contributed by atoms with Crippen molar-refractivity contribution in [3.05, 3.63) is 35.0 Å². The molecule has 4 heteroatoms. The molecule has 1 fully saturated rings. The summed E-state index contributed by atoms with van der Waals surface area (Å²) >= 11 is 0. The standard InChI is InChI=1S/C18H28N4/c1-14-3-4-18-17(13-14)16(15(2)22(18)10-6-19)5-9-21-11-7-20-8-12-21/h3-4,13,20H,5-12,19H2,1-2H3. The first kappa shape index (κ1) is 15.5. The zero-order chi connectivity index (χ0) is 15.5. The molecule has 2 aromatic rings. The van der Waals surface area contributed by atoms with Crippen molar-refractivity contribution in [2.24, 2.45) is 5.73 Å². The van der Waals surface area contributed by atoms with Gasteiger partial charge in [-0.15, -0.1) is 0 Å². The molecule has 3 N–H and O–H groups in total. The van der Waals surface area contributed by atoms with Crippen LogP contribution < -0.4 is 11.1 Å². The van der Waals surface area contributed by atoms with Crippen molar-refractivity contribution in [2.45, 2.75) is 26.8 Å². The third-order valence-electron chi connectivity index (χ3n) is 4.85.